The molecule has 248 valence electrons. The van der Waals surface area contributed by atoms with Crippen LogP contribution in [0.5, 0.6) is 11.5 Å². The maximum atomic E-state index is 6.70. The van der Waals surface area contributed by atoms with Crippen molar-refractivity contribution in [3.63, 3.8) is 0 Å². The van der Waals surface area contributed by atoms with Gasteiger partial charge >= 0.3 is 0 Å². The van der Waals surface area contributed by atoms with Crippen LogP contribution < -0.4 is 4.74 Å². The molecule has 0 saturated heterocycles. The first kappa shape index (κ1) is 32.4. The van der Waals surface area contributed by atoms with Gasteiger partial charge in [0.05, 0.1) is 22.9 Å². The number of fused-ring (bicyclic) bond motifs is 3. The number of nitrogens with zero attached hydrogens (tertiary/aromatic N) is 4. The van der Waals surface area contributed by atoms with E-state index >= 15 is 0 Å². The highest BCUT2D eigenvalue weighted by Crippen LogP contribution is 2.37. The number of ether oxygens (including phenoxy) is 1. The molecule has 49 heavy (non-hydrogen) atoms. The molecule has 0 N–H and O–H groups in total. The molecule has 0 spiro atoms. The van der Waals surface area contributed by atoms with E-state index in [1.807, 2.05) is 17.1 Å². The quantitative estimate of drug-likeness (QED) is 0.173. The Morgan fingerprint density at radius 3 is 2.16 bits per heavy atom. The van der Waals surface area contributed by atoms with E-state index in [4.69, 9.17) is 14.8 Å². The zero-order chi connectivity index (χ0) is 34.6. The molecule has 3 aromatic heterocycles. The molecular weight excluding hydrogens is 601 g/mol. The SMILES string of the molecule is CCCc1cc(Oc2ccc3c4ccccc4n(-c4cc(C(C)(C)C)ccn4)c3c2)cc(-n2cc(-c3c(C)c(C)c(C)c(C)c3C)cn2)c1. The number of hydrogen-bond acceptors (Lipinski definition) is 3. The van der Waals surface area contributed by atoms with Gasteiger partial charge in [-0.2, -0.15) is 5.10 Å². The Morgan fingerprint density at radius 1 is 0.714 bits per heavy atom. The van der Waals surface area contributed by atoms with E-state index in [2.05, 4.69) is 146 Å². The third-order valence-corrected chi connectivity index (χ3v) is 10.3. The van der Waals surface area contributed by atoms with Gasteiger partial charge < -0.3 is 4.74 Å². The zero-order valence-corrected chi connectivity index (χ0v) is 30.3. The van der Waals surface area contributed by atoms with Gasteiger partial charge in [-0.1, -0.05) is 52.3 Å². The Morgan fingerprint density at radius 2 is 1.43 bits per heavy atom. The Hall–Kier alpha value is -5.16. The third kappa shape index (κ3) is 5.82. The van der Waals surface area contributed by atoms with Crippen LogP contribution in [0.25, 0.3) is 44.4 Å². The average molecular weight is 647 g/mol. The highest BCUT2D eigenvalue weighted by Gasteiger charge is 2.19. The van der Waals surface area contributed by atoms with Gasteiger partial charge in [0.15, 0.2) is 0 Å². The summed E-state index contributed by atoms with van der Waals surface area (Å²) in [6.07, 6.45) is 8.06. The summed E-state index contributed by atoms with van der Waals surface area (Å²) >= 11 is 0. The van der Waals surface area contributed by atoms with Crippen LogP contribution in [0.3, 0.4) is 0 Å². The van der Waals surface area contributed by atoms with E-state index in [0.717, 1.165) is 52.4 Å². The summed E-state index contributed by atoms with van der Waals surface area (Å²) in [4.78, 5) is 4.85. The van der Waals surface area contributed by atoms with Crippen molar-refractivity contribution >= 4 is 21.8 Å². The third-order valence-electron chi connectivity index (χ3n) is 10.3. The highest BCUT2D eigenvalue weighted by atomic mass is 16.5. The van der Waals surface area contributed by atoms with Crippen LogP contribution in [0, 0.1) is 34.6 Å². The van der Waals surface area contributed by atoms with Crippen molar-refractivity contribution in [2.75, 3.05) is 0 Å². The monoisotopic (exact) mass is 646 g/mol. The molecule has 0 unspecified atom stereocenters. The normalized spacial score (nSPS) is 11.9. The van der Waals surface area contributed by atoms with Crippen molar-refractivity contribution in [3.05, 3.63) is 130 Å². The number of aryl methyl sites for hydroxylation is 1. The molecule has 0 aliphatic heterocycles. The second kappa shape index (κ2) is 12.4. The predicted octanol–water partition coefficient (Wildman–Crippen LogP) is 11.6. The molecule has 5 nitrogen and oxygen atoms in total. The van der Waals surface area contributed by atoms with E-state index in [-0.39, 0.29) is 5.41 Å². The molecule has 0 fully saturated rings. The first-order valence-corrected chi connectivity index (χ1v) is 17.4. The lowest BCUT2D eigenvalue weighted by molar-refractivity contribution is 0.482. The van der Waals surface area contributed by atoms with Crippen LogP contribution in [0.1, 0.15) is 73.1 Å². The molecule has 7 rings (SSSR count). The van der Waals surface area contributed by atoms with Crippen LogP contribution in [0.15, 0.2) is 91.4 Å². The van der Waals surface area contributed by atoms with Crippen molar-refractivity contribution in [2.24, 2.45) is 0 Å². The first-order chi connectivity index (χ1) is 23.4. The molecule has 0 aliphatic rings. The molecule has 5 heteroatoms. The Balaban J connectivity index is 1.30. The number of rotatable bonds is 7. The van der Waals surface area contributed by atoms with Crippen molar-refractivity contribution < 1.29 is 4.74 Å². The molecule has 0 atom stereocenters. The van der Waals surface area contributed by atoms with Crippen molar-refractivity contribution in [3.8, 4) is 34.1 Å². The Kier molecular flexibility index (Phi) is 8.18. The smallest absolute Gasteiger partial charge is 0.137 e. The lowest BCUT2D eigenvalue weighted by Crippen LogP contribution is -2.12. The molecule has 3 heterocycles. The maximum Gasteiger partial charge on any atom is 0.137 e. The first-order valence-electron chi connectivity index (χ1n) is 17.4. The Labute approximate surface area is 290 Å². The fourth-order valence-electron chi connectivity index (χ4n) is 7.20. The van der Waals surface area contributed by atoms with Crippen LogP contribution in [-0.4, -0.2) is 19.3 Å². The summed E-state index contributed by atoms with van der Waals surface area (Å²) in [5.74, 6) is 2.48. The summed E-state index contributed by atoms with van der Waals surface area (Å²) in [7, 11) is 0. The lowest BCUT2D eigenvalue weighted by atomic mass is 9.87. The summed E-state index contributed by atoms with van der Waals surface area (Å²) in [5, 5.41) is 7.22. The molecule has 0 aliphatic carbocycles. The number of para-hydroxylation sites is 1. The average Bonchev–Trinajstić information content (AvgIpc) is 3.69. The van der Waals surface area contributed by atoms with Crippen LogP contribution in [0.2, 0.25) is 0 Å². The molecule has 0 bridgehead atoms. The van der Waals surface area contributed by atoms with Crippen LogP contribution >= 0.6 is 0 Å². The van der Waals surface area contributed by atoms with E-state index in [0.29, 0.717) is 0 Å². The number of aromatic nitrogens is 4. The topological polar surface area (TPSA) is 44.9 Å². The van der Waals surface area contributed by atoms with Gasteiger partial charge in [0.25, 0.3) is 0 Å². The van der Waals surface area contributed by atoms with E-state index < -0.39 is 0 Å². The van der Waals surface area contributed by atoms with Gasteiger partial charge in [0, 0.05) is 40.9 Å². The van der Waals surface area contributed by atoms with Crippen LogP contribution in [-0.2, 0) is 11.8 Å². The Bertz CT molecular complexity index is 2340. The zero-order valence-electron chi connectivity index (χ0n) is 30.3. The second-order valence-electron chi connectivity index (χ2n) is 14.5. The van der Waals surface area contributed by atoms with Gasteiger partial charge in [-0.05, 0) is 133 Å². The van der Waals surface area contributed by atoms with Gasteiger partial charge in [-0.25, -0.2) is 9.67 Å². The molecular formula is C44H46N4O. The van der Waals surface area contributed by atoms with Crippen molar-refractivity contribution in [1.29, 1.82) is 0 Å². The van der Waals surface area contributed by atoms with Crippen molar-refractivity contribution in [1.82, 2.24) is 19.3 Å². The molecule has 7 aromatic rings. The number of hydrogen-bond donors (Lipinski definition) is 0. The minimum atomic E-state index is 0.0109. The highest BCUT2D eigenvalue weighted by molar-refractivity contribution is 6.09. The molecule has 0 radical (unpaired) electrons. The summed E-state index contributed by atoms with van der Waals surface area (Å²) in [5.41, 5.74) is 14.8. The van der Waals surface area contributed by atoms with Gasteiger partial charge in [0.2, 0.25) is 0 Å². The summed E-state index contributed by atoms with van der Waals surface area (Å²) in [6, 6.07) is 25.7. The largest absolute Gasteiger partial charge is 0.457 e. The lowest BCUT2D eigenvalue weighted by Gasteiger charge is -2.20. The fourth-order valence-corrected chi connectivity index (χ4v) is 7.20. The van der Waals surface area contributed by atoms with Gasteiger partial charge in [-0.3, -0.25) is 4.57 Å². The van der Waals surface area contributed by atoms with Gasteiger partial charge in [-0.15, -0.1) is 0 Å². The number of benzene rings is 4. The molecule has 4 aromatic carbocycles. The minimum Gasteiger partial charge on any atom is -0.457 e. The number of pyridine rings is 1. The standard InChI is InChI=1S/C44H46N4O/c1-10-13-32-20-35(47-26-33(25-46-47)43-30(5)28(3)27(2)29(4)31(43)6)23-37(21-32)49-36-16-17-39-38-14-11-12-15-40(38)48(41(39)24-36)42-22-34(18-19-45-42)44(7,8)9/h11-12,14-26H,10,13H2,1-9H3. The van der Waals surface area contributed by atoms with E-state index in [1.165, 1.54) is 55.3 Å². The molecule has 0 amide bonds. The predicted molar refractivity (Wildman–Crippen MR) is 204 cm³/mol. The fraction of sp³-hybridized carbons (Fsp3) is 0.273. The molecule has 0 saturated carbocycles. The van der Waals surface area contributed by atoms with Crippen LogP contribution in [0.4, 0.5) is 0 Å². The van der Waals surface area contributed by atoms with Gasteiger partial charge in [0.1, 0.15) is 17.3 Å². The summed E-state index contributed by atoms with van der Waals surface area (Å²) in [6.45, 7) is 20.0. The minimum absolute atomic E-state index is 0.0109. The maximum absolute atomic E-state index is 6.70. The van der Waals surface area contributed by atoms with E-state index in [9.17, 15) is 0 Å². The summed E-state index contributed by atoms with van der Waals surface area (Å²) < 4.78 is 10.9. The second-order valence-corrected chi connectivity index (χ2v) is 14.5. The van der Waals surface area contributed by atoms with Crippen molar-refractivity contribution in [2.45, 2.75) is 80.6 Å². The van der Waals surface area contributed by atoms with E-state index in [1.54, 1.807) is 0 Å².